The molecule has 7 heteroatoms. The third-order valence-electron chi connectivity index (χ3n) is 3.46. The first-order valence-corrected chi connectivity index (χ1v) is 6.49. The quantitative estimate of drug-likeness (QED) is 0.735. The Labute approximate surface area is 116 Å². The van der Waals surface area contributed by atoms with Gasteiger partial charge in [0.2, 0.25) is 5.91 Å². The highest BCUT2D eigenvalue weighted by atomic mass is 16.4. The maximum atomic E-state index is 11.7. The Morgan fingerprint density at radius 1 is 1.50 bits per heavy atom. The molecular formula is C13H18N4O3. The third kappa shape index (κ3) is 2.81. The second-order valence-electron chi connectivity index (χ2n) is 4.81. The summed E-state index contributed by atoms with van der Waals surface area (Å²) >= 11 is 0. The van der Waals surface area contributed by atoms with Crippen molar-refractivity contribution >= 4 is 23.4 Å². The Balaban J connectivity index is 2.24. The molecule has 1 unspecified atom stereocenters. The van der Waals surface area contributed by atoms with Gasteiger partial charge in [0.25, 0.3) is 0 Å². The van der Waals surface area contributed by atoms with E-state index in [1.807, 2.05) is 4.90 Å². The molecule has 1 aromatic rings. The van der Waals surface area contributed by atoms with E-state index in [0.29, 0.717) is 24.6 Å². The van der Waals surface area contributed by atoms with Crippen LogP contribution in [0.15, 0.2) is 12.1 Å². The number of anilines is 2. The molecule has 1 amide bonds. The molecule has 1 saturated heterocycles. The van der Waals surface area contributed by atoms with Crippen molar-refractivity contribution in [3.8, 4) is 0 Å². The van der Waals surface area contributed by atoms with Crippen molar-refractivity contribution in [2.24, 2.45) is 5.92 Å². The summed E-state index contributed by atoms with van der Waals surface area (Å²) < 4.78 is 0. The van der Waals surface area contributed by atoms with E-state index in [-0.39, 0.29) is 17.5 Å². The van der Waals surface area contributed by atoms with Crippen molar-refractivity contribution in [3.05, 3.63) is 17.8 Å². The van der Waals surface area contributed by atoms with E-state index in [2.05, 4.69) is 10.3 Å². The number of carboxylic acids is 1. The number of carbonyl (C=O) groups is 2. The van der Waals surface area contributed by atoms with Gasteiger partial charge < -0.3 is 21.1 Å². The summed E-state index contributed by atoms with van der Waals surface area (Å²) in [6.45, 7) is 1.22. The Hall–Kier alpha value is -2.31. The van der Waals surface area contributed by atoms with Gasteiger partial charge in [-0.25, -0.2) is 9.78 Å². The number of carboxylic acid groups (broad SMARTS) is 1. The normalized spacial score (nSPS) is 18.6. The summed E-state index contributed by atoms with van der Waals surface area (Å²) in [5, 5.41) is 11.6. The van der Waals surface area contributed by atoms with Crippen molar-refractivity contribution < 1.29 is 14.7 Å². The molecule has 1 aromatic heterocycles. The highest BCUT2D eigenvalue weighted by Gasteiger charge is 2.27. The summed E-state index contributed by atoms with van der Waals surface area (Å²) in [4.78, 5) is 28.7. The van der Waals surface area contributed by atoms with Crippen molar-refractivity contribution in [1.29, 1.82) is 0 Å². The average molecular weight is 278 g/mol. The lowest BCUT2D eigenvalue weighted by atomic mass is 9.97. The Bertz CT molecular complexity index is 532. The number of carbonyl (C=O) groups excluding carboxylic acids is 1. The van der Waals surface area contributed by atoms with Crippen LogP contribution >= 0.6 is 0 Å². The fraction of sp³-hybridized carbons (Fsp3) is 0.462. The van der Waals surface area contributed by atoms with Crippen molar-refractivity contribution in [2.45, 2.75) is 12.8 Å². The first kappa shape index (κ1) is 14.1. The number of aromatic nitrogens is 1. The number of hydrogen-bond acceptors (Lipinski definition) is 5. The van der Waals surface area contributed by atoms with Crippen LogP contribution in [0, 0.1) is 5.92 Å². The van der Waals surface area contributed by atoms with Crippen molar-refractivity contribution in [1.82, 2.24) is 10.3 Å². The second kappa shape index (κ2) is 5.77. The lowest BCUT2D eigenvalue weighted by Crippen LogP contribution is -2.42. The van der Waals surface area contributed by atoms with E-state index in [1.165, 1.54) is 12.1 Å². The molecule has 1 aliphatic rings. The minimum absolute atomic E-state index is 0.0114. The molecule has 0 spiro atoms. The van der Waals surface area contributed by atoms with Gasteiger partial charge in [-0.15, -0.1) is 0 Å². The van der Waals surface area contributed by atoms with Gasteiger partial charge in [0, 0.05) is 20.1 Å². The van der Waals surface area contributed by atoms with Crippen LogP contribution in [0.1, 0.15) is 23.3 Å². The van der Waals surface area contributed by atoms with Crippen LogP contribution in [0.3, 0.4) is 0 Å². The predicted octanol–water partition coefficient (Wildman–Crippen LogP) is 0.324. The molecule has 4 N–H and O–H groups in total. The van der Waals surface area contributed by atoms with Gasteiger partial charge >= 0.3 is 5.97 Å². The molecule has 0 radical (unpaired) electrons. The maximum Gasteiger partial charge on any atom is 0.354 e. The van der Waals surface area contributed by atoms with E-state index >= 15 is 0 Å². The van der Waals surface area contributed by atoms with Crippen LogP contribution in [0.2, 0.25) is 0 Å². The van der Waals surface area contributed by atoms with Gasteiger partial charge in [-0.3, -0.25) is 4.79 Å². The van der Waals surface area contributed by atoms with Crippen LogP contribution in [0.5, 0.6) is 0 Å². The number of aromatic carboxylic acids is 1. The summed E-state index contributed by atoms with van der Waals surface area (Å²) in [6, 6.07) is 2.91. The SMILES string of the molecule is CNC(=O)C1CCCN(c2nc(C(=O)O)ccc2N)C1. The van der Waals surface area contributed by atoms with Gasteiger partial charge in [0.15, 0.2) is 11.5 Å². The number of rotatable bonds is 3. The van der Waals surface area contributed by atoms with E-state index in [1.54, 1.807) is 7.05 Å². The topological polar surface area (TPSA) is 109 Å². The smallest absolute Gasteiger partial charge is 0.354 e. The fourth-order valence-corrected chi connectivity index (χ4v) is 2.42. The summed E-state index contributed by atoms with van der Waals surface area (Å²) in [5.74, 6) is -0.782. The molecule has 0 aromatic carbocycles. The van der Waals surface area contributed by atoms with Gasteiger partial charge in [-0.2, -0.15) is 0 Å². The lowest BCUT2D eigenvalue weighted by Gasteiger charge is -2.33. The largest absolute Gasteiger partial charge is 0.477 e. The zero-order chi connectivity index (χ0) is 14.7. The minimum atomic E-state index is -1.09. The first-order chi connectivity index (χ1) is 9.52. The molecule has 1 aliphatic heterocycles. The number of nitrogens with one attached hydrogen (secondary N) is 1. The minimum Gasteiger partial charge on any atom is -0.477 e. The van der Waals surface area contributed by atoms with Gasteiger partial charge in [-0.1, -0.05) is 0 Å². The third-order valence-corrected chi connectivity index (χ3v) is 3.46. The van der Waals surface area contributed by atoms with Crippen LogP contribution in [0.25, 0.3) is 0 Å². The molecule has 0 bridgehead atoms. The molecule has 1 atom stereocenters. The van der Waals surface area contributed by atoms with Crippen LogP contribution in [-0.2, 0) is 4.79 Å². The number of nitrogen functional groups attached to an aromatic ring is 1. The molecule has 20 heavy (non-hydrogen) atoms. The molecule has 0 aliphatic carbocycles. The number of amides is 1. The van der Waals surface area contributed by atoms with E-state index in [0.717, 1.165) is 12.8 Å². The van der Waals surface area contributed by atoms with Crippen molar-refractivity contribution in [2.75, 3.05) is 30.8 Å². The number of hydrogen-bond donors (Lipinski definition) is 3. The van der Waals surface area contributed by atoms with E-state index < -0.39 is 5.97 Å². The number of pyridine rings is 1. The Morgan fingerprint density at radius 2 is 2.25 bits per heavy atom. The Morgan fingerprint density at radius 3 is 2.90 bits per heavy atom. The van der Waals surface area contributed by atoms with Gasteiger partial charge in [0.05, 0.1) is 11.6 Å². The fourth-order valence-electron chi connectivity index (χ4n) is 2.42. The van der Waals surface area contributed by atoms with Crippen LogP contribution in [-0.4, -0.2) is 42.1 Å². The van der Waals surface area contributed by atoms with Crippen LogP contribution < -0.4 is 16.0 Å². The first-order valence-electron chi connectivity index (χ1n) is 6.49. The Kier molecular flexibility index (Phi) is 4.07. The molecular weight excluding hydrogens is 260 g/mol. The van der Waals surface area contributed by atoms with Gasteiger partial charge in [0.1, 0.15) is 0 Å². The summed E-state index contributed by atoms with van der Waals surface area (Å²) in [5.41, 5.74) is 6.26. The highest BCUT2D eigenvalue weighted by Crippen LogP contribution is 2.26. The number of nitrogens with two attached hydrogens (primary N) is 1. The lowest BCUT2D eigenvalue weighted by molar-refractivity contribution is -0.124. The molecule has 0 saturated carbocycles. The monoisotopic (exact) mass is 278 g/mol. The highest BCUT2D eigenvalue weighted by molar-refractivity contribution is 5.87. The second-order valence-corrected chi connectivity index (χ2v) is 4.81. The molecule has 1 fully saturated rings. The molecule has 108 valence electrons. The zero-order valence-electron chi connectivity index (χ0n) is 11.3. The predicted molar refractivity (Wildman–Crippen MR) is 74.6 cm³/mol. The standard InChI is InChI=1S/C13H18N4O3/c1-15-12(18)8-3-2-6-17(7-8)11-9(14)4-5-10(16-11)13(19)20/h4-5,8H,2-3,6-7,14H2,1H3,(H,15,18)(H,19,20). The number of nitrogens with zero attached hydrogens (tertiary/aromatic N) is 2. The van der Waals surface area contributed by atoms with E-state index in [9.17, 15) is 9.59 Å². The summed E-state index contributed by atoms with van der Waals surface area (Å²) in [7, 11) is 1.61. The molecule has 2 heterocycles. The zero-order valence-corrected chi connectivity index (χ0v) is 11.3. The molecule has 2 rings (SSSR count). The number of piperidine rings is 1. The van der Waals surface area contributed by atoms with Gasteiger partial charge in [-0.05, 0) is 25.0 Å². The van der Waals surface area contributed by atoms with Crippen molar-refractivity contribution in [3.63, 3.8) is 0 Å². The van der Waals surface area contributed by atoms with E-state index in [4.69, 9.17) is 10.8 Å². The maximum absolute atomic E-state index is 11.7. The van der Waals surface area contributed by atoms with Crippen LogP contribution in [0.4, 0.5) is 11.5 Å². The average Bonchev–Trinajstić information content (AvgIpc) is 2.46. The summed E-state index contributed by atoms with van der Waals surface area (Å²) in [6.07, 6.45) is 1.66. The molecule has 7 nitrogen and oxygen atoms in total.